The number of nitrogens with one attached hydrogen (secondary N) is 1. The summed E-state index contributed by atoms with van der Waals surface area (Å²) in [7, 11) is 0. The van der Waals surface area contributed by atoms with E-state index in [1.807, 2.05) is 49.4 Å². The number of nitrogens with zero attached hydrogens (tertiary/aromatic N) is 1. The molecule has 0 aromatic heterocycles. The van der Waals surface area contributed by atoms with Crippen molar-refractivity contribution in [1.82, 2.24) is 5.43 Å². The van der Waals surface area contributed by atoms with Crippen LogP contribution < -0.4 is 10.2 Å². The molecule has 0 bridgehead atoms. The molecule has 2 aromatic carbocycles. The fourth-order valence-corrected chi connectivity index (χ4v) is 1.94. The molecule has 0 atom stereocenters. The molecule has 0 aliphatic rings. The largest absolute Gasteiger partial charge is 0.484 e. The van der Waals surface area contributed by atoms with Crippen molar-refractivity contribution in [2.45, 2.75) is 19.8 Å². The summed E-state index contributed by atoms with van der Waals surface area (Å²) in [6.07, 6.45) is 3.39. The SMILES string of the molecule is Cc1cccc(OCC(=O)N/N=C/CCc2ccccc2)c1. The predicted octanol–water partition coefficient (Wildman–Crippen LogP) is 3.11. The van der Waals surface area contributed by atoms with E-state index < -0.39 is 0 Å². The third kappa shape index (κ3) is 5.79. The van der Waals surface area contributed by atoms with Crippen molar-refractivity contribution in [1.29, 1.82) is 0 Å². The molecule has 1 amide bonds. The molecule has 0 aliphatic carbocycles. The number of hydrogen-bond acceptors (Lipinski definition) is 3. The van der Waals surface area contributed by atoms with E-state index in [0.717, 1.165) is 18.4 Å². The summed E-state index contributed by atoms with van der Waals surface area (Å²) < 4.78 is 5.39. The lowest BCUT2D eigenvalue weighted by molar-refractivity contribution is -0.123. The Labute approximate surface area is 130 Å². The van der Waals surface area contributed by atoms with E-state index in [2.05, 4.69) is 22.7 Å². The summed E-state index contributed by atoms with van der Waals surface area (Å²) in [5.41, 5.74) is 4.81. The van der Waals surface area contributed by atoms with Gasteiger partial charge in [-0.25, -0.2) is 5.43 Å². The Balaban J connectivity index is 1.64. The average Bonchev–Trinajstić information content (AvgIpc) is 2.54. The number of carbonyl (C=O) groups excluding carboxylic acids is 1. The molecule has 0 saturated carbocycles. The number of aryl methyl sites for hydroxylation is 2. The lowest BCUT2D eigenvalue weighted by Crippen LogP contribution is -2.24. The normalized spacial score (nSPS) is 10.6. The highest BCUT2D eigenvalue weighted by atomic mass is 16.5. The first-order valence-corrected chi connectivity index (χ1v) is 7.28. The van der Waals surface area contributed by atoms with Crippen LogP contribution in [0.2, 0.25) is 0 Å². The molecule has 0 aliphatic heterocycles. The van der Waals surface area contributed by atoms with Crippen molar-refractivity contribution in [3.8, 4) is 5.75 Å². The zero-order chi connectivity index (χ0) is 15.6. The van der Waals surface area contributed by atoms with E-state index in [-0.39, 0.29) is 12.5 Å². The highest BCUT2D eigenvalue weighted by Crippen LogP contribution is 2.11. The van der Waals surface area contributed by atoms with Crippen molar-refractivity contribution in [3.05, 3.63) is 65.7 Å². The van der Waals surface area contributed by atoms with Crippen molar-refractivity contribution in [3.63, 3.8) is 0 Å². The monoisotopic (exact) mass is 296 g/mol. The molecule has 114 valence electrons. The van der Waals surface area contributed by atoms with Gasteiger partial charge >= 0.3 is 0 Å². The van der Waals surface area contributed by atoms with Crippen molar-refractivity contribution in [2.75, 3.05) is 6.61 Å². The maximum Gasteiger partial charge on any atom is 0.277 e. The van der Waals surface area contributed by atoms with Crippen LogP contribution in [-0.4, -0.2) is 18.7 Å². The first kappa shape index (κ1) is 15.8. The molecule has 0 spiro atoms. The summed E-state index contributed by atoms with van der Waals surface area (Å²) in [6, 6.07) is 17.7. The zero-order valence-corrected chi connectivity index (χ0v) is 12.7. The lowest BCUT2D eigenvalue weighted by atomic mass is 10.1. The molecule has 22 heavy (non-hydrogen) atoms. The Morgan fingerprint density at radius 3 is 2.77 bits per heavy atom. The number of hydrogen-bond donors (Lipinski definition) is 1. The fraction of sp³-hybridized carbons (Fsp3) is 0.222. The molecule has 2 aromatic rings. The van der Waals surface area contributed by atoms with Crippen LogP contribution in [0.15, 0.2) is 59.7 Å². The minimum absolute atomic E-state index is 0.0422. The van der Waals surface area contributed by atoms with Gasteiger partial charge in [0.1, 0.15) is 5.75 Å². The summed E-state index contributed by atoms with van der Waals surface area (Å²) in [5, 5.41) is 3.91. The van der Waals surface area contributed by atoms with Gasteiger partial charge in [0.2, 0.25) is 0 Å². The van der Waals surface area contributed by atoms with Crippen LogP contribution >= 0.6 is 0 Å². The maximum absolute atomic E-state index is 11.6. The Morgan fingerprint density at radius 1 is 1.18 bits per heavy atom. The minimum atomic E-state index is -0.266. The number of amides is 1. The molecule has 4 heteroatoms. The van der Waals surface area contributed by atoms with E-state index in [1.165, 1.54) is 5.56 Å². The van der Waals surface area contributed by atoms with Crippen LogP contribution in [0.5, 0.6) is 5.75 Å². The van der Waals surface area contributed by atoms with Gasteiger partial charge in [0, 0.05) is 6.21 Å². The summed E-state index contributed by atoms with van der Waals surface area (Å²) in [6.45, 7) is 1.93. The number of benzene rings is 2. The van der Waals surface area contributed by atoms with Gasteiger partial charge in [-0.3, -0.25) is 4.79 Å². The molecular weight excluding hydrogens is 276 g/mol. The third-order valence-corrected chi connectivity index (χ3v) is 3.04. The Bertz CT molecular complexity index is 624. The van der Waals surface area contributed by atoms with Gasteiger partial charge in [0.05, 0.1) is 0 Å². The molecule has 2 rings (SSSR count). The molecule has 4 nitrogen and oxygen atoms in total. The second kappa shape index (κ2) is 8.62. The van der Waals surface area contributed by atoms with Crippen LogP contribution in [-0.2, 0) is 11.2 Å². The van der Waals surface area contributed by atoms with Crippen LogP contribution in [0, 0.1) is 6.92 Å². The second-order valence-electron chi connectivity index (χ2n) is 4.98. The van der Waals surface area contributed by atoms with Crippen molar-refractivity contribution in [2.24, 2.45) is 5.10 Å². The second-order valence-corrected chi connectivity index (χ2v) is 4.98. The average molecular weight is 296 g/mol. The van der Waals surface area contributed by atoms with Crippen LogP contribution in [0.3, 0.4) is 0 Å². The van der Waals surface area contributed by atoms with Crippen molar-refractivity contribution < 1.29 is 9.53 Å². The number of ether oxygens (including phenoxy) is 1. The molecule has 0 fully saturated rings. The quantitative estimate of drug-likeness (QED) is 0.630. The van der Waals surface area contributed by atoms with Gasteiger partial charge < -0.3 is 4.74 Å². The van der Waals surface area contributed by atoms with Gasteiger partial charge in [-0.05, 0) is 43.0 Å². The number of rotatable bonds is 7. The first-order valence-electron chi connectivity index (χ1n) is 7.28. The van der Waals surface area contributed by atoms with Crippen molar-refractivity contribution >= 4 is 12.1 Å². The van der Waals surface area contributed by atoms with Crippen LogP contribution in [0.1, 0.15) is 17.5 Å². The number of hydrazone groups is 1. The lowest BCUT2D eigenvalue weighted by Gasteiger charge is -2.05. The zero-order valence-electron chi connectivity index (χ0n) is 12.7. The molecular formula is C18H20N2O2. The maximum atomic E-state index is 11.6. The minimum Gasteiger partial charge on any atom is -0.484 e. The highest BCUT2D eigenvalue weighted by Gasteiger charge is 2.01. The fourth-order valence-electron chi connectivity index (χ4n) is 1.94. The Hall–Kier alpha value is -2.62. The summed E-state index contributed by atoms with van der Waals surface area (Å²) in [4.78, 5) is 11.6. The van der Waals surface area contributed by atoms with E-state index >= 15 is 0 Å². The standard InChI is InChI=1S/C18H20N2O2/c1-15-7-5-11-17(13-15)22-14-18(21)20-19-12-6-10-16-8-3-2-4-9-16/h2-5,7-9,11-13H,6,10,14H2,1H3,(H,20,21)/b19-12+. The molecule has 0 saturated heterocycles. The van der Waals surface area contributed by atoms with Crippen LogP contribution in [0.4, 0.5) is 0 Å². The van der Waals surface area contributed by atoms with E-state index in [9.17, 15) is 4.79 Å². The topological polar surface area (TPSA) is 50.7 Å². The predicted molar refractivity (Wildman–Crippen MR) is 88.1 cm³/mol. The summed E-state index contributed by atoms with van der Waals surface area (Å²) in [5.74, 6) is 0.417. The Kier molecular flexibility index (Phi) is 6.18. The van der Waals surface area contributed by atoms with Gasteiger partial charge in [-0.1, -0.05) is 42.5 Å². The third-order valence-electron chi connectivity index (χ3n) is 3.04. The van der Waals surface area contributed by atoms with E-state index in [1.54, 1.807) is 6.21 Å². The number of carbonyl (C=O) groups is 1. The smallest absolute Gasteiger partial charge is 0.277 e. The van der Waals surface area contributed by atoms with Gasteiger partial charge in [-0.15, -0.1) is 0 Å². The van der Waals surface area contributed by atoms with E-state index in [0.29, 0.717) is 5.75 Å². The Morgan fingerprint density at radius 2 is 2.00 bits per heavy atom. The van der Waals surface area contributed by atoms with Gasteiger partial charge in [0.25, 0.3) is 5.91 Å². The van der Waals surface area contributed by atoms with Crippen LogP contribution in [0.25, 0.3) is 0 Å². The molecule has 0 unspecified atom stereocenters. The first-order chi connectivity index (χ1) is 10.7. The molecule has 0 heterocycles. The summed E-state index contributed by atoms with van der Waals surface area (Å²) >= 11 is 0. The molecule has 1 N–H and O–H groups in total. The molecule has 0 radical (unpaired) electrons. The highest BCUT2D eigenvalue weighted by molar-refractivity contribution is 5.78. The van der Waals surface area contributed by atoms with Gasteiger partial charge in [-0.2, -0.15) is 5.10 Å². The van der Waals surface area contributed by atoms with Gasteiger partial charge in [0.15, 0.2) is 6.61 Å². The van der Waals surface area contributed by atoms with E-state index in [4.69, 9.17) is 4.74 Å².